The number of rotatable bonds is 5. The summed E-state index contributed by atoms with van der Waals surface area (Å²) in [6.45, 7) is 9.79. The SMILES string of the molecule is CCCS(=O)(=O)Nc1cccc(B2OC(C)(C)C(C)(C)O2)c1P. The van der Waals surface area contributed by atoms with Crippen LogP contribution in [0.4, 0.5) is 5.69 Å². The second kappa shape index (κ2) is 6.36. The van der Waals surface area contributed by atoms with E-state index >= 15 is 0 Å². The van der Waals surface area contributed by atoms with Crippen molar-refractivity contribution in [3.05, 3.63) is 18.2 Å². The third-order valence-corrected chi connectivity index (χ3v) is 6.51. The van der Waals surface area contributed by atoms with Crippen LogP contribution in [0.25, 0.3) is 0 Å². The maximum absolute atomic E-state index is 12.0. The van der Waals surface area contributed by atoms with Gasteiger partial charge in [-0.2, -0.15) is 0 Å². The van der Waals surface area contributed by atoms with E-state index in [1.807, 2.05) is 40.7 Å². The Labute approximate surface area is 141 Å². The first-order valence-electron chi connectivity index (χ1n) is 7.73. The predicted molar refractivity (Wildman–Crippen MR) is 99.2 cm³/mol. The minimum atomic E-state index is -3.34. The summed E-state index contributed by atoms with van der Waals surface area (Å²) in [6, 6.07) is 5.43. The van der Waals surface area contributed by atoms with E-state index in [0.29, 0.717) is 12.1 Å². The van der Waals surface area contributed by atoms with Crippen LogP contribution in [0.3, 0.4) is 0 Å². The van der Waals surface area contributed by atoms with Gasteiger partial charge < -0.3 is 9.31 Å². The van der Waals surface area contributed by atoms with Crippen LogP contribution in [0.15, 0.2) is 18.2 Å². The largest absolute Gasteiger partial charge is 0.495 e. The topological polar surface area (TPSA) is 64.6 Å². The summed E-state index contributed by atoms with van der Waals surface area (Å²) in [5.74, 6) is 0.0951. The molecule has 1 aliphatic rings. The Morgan fingerprint density at radius 3 is 2.26 bits per heavy atom. The number of sulfonamides is 1. The molecule has 128 valence electrons. The number of benzene rings is 1. The van der Waals surface area contributed by atoms with Crippen molar-refractivity contribution in [3.8, 4) is 0 Å². The molecule has 2 rings (SSSR count). The van der Waals surface area contributed by atoms with Crippen LogP contribution in [-0.4, -0.2) is 32.5 Å². The molecule has 0 aliphatic carbocycles. The van der Waals surface area contributed by atoms with E-state index in [-0.39, 0.29) is 5.75 Å². The molecule has 0 aromatic heterocycles. The first-order valence-corrected chi connectivity index (χ1v) is 9.96. The molecule has 1 unspecified atom stereocenters. The normalized spacial score (nSPS) is 19.8. The van der Waals surface area contributed by atoms with Gasteiger partial charge >= 0.3 is 7.12 Å². The summed E-state index contributed by atoms with van der Waals surface area (Å²) in [5.41, 5.74) is 0.472. The molecule has 0 saturated carbocycles. The Kier molecular flexibility index (Phi) is 5.17. The van der Waals surface area contributed by atoms with E-state index in [0.717, 1.165) is 10.8 Å². The molecule has 1 fully saturated rings. The van der Waals surface area contributed by atoms with E-state index < -0.39 is 28.3 Å². The smallest absolute Gasteiger partial charge is 0.399 e. The number of anilines is 1. The molecule has 1 atom stereocenters. The second-order valence-corrected chi connectivity index (χ2v) is 9.24. The van der Waals surface area contributed by atoms with Gasteiger partial charge in [0.2, 0.25) is 10.0 Å². The Morgan fingerprint density at radius 2 is 1.74 bits per heavy atom. The van der Waals surface area contributed by atoms with Crippen LogP contribution in [0.1, 0.15) is 41.0 Å². The zero-order chi connectivity index (χ0) is 17.5. The average Bonchev–Trinajstić information content (AvgIpc) is 2.60. The van der Waals surface area contributed by atoms with Crippen molar-refractivity contribution in [2.24, 2.45) is 0 Å². The van der Waals surface area contributed by atoms with E-state index in [2.05, 4.69) is 14.0 Å². The fourth-order valence-corrected chi connectivity index (χ4v) is 3.99. The highest BCUT2D eigenvalue weighted by molar-refractivity contribution is 7.92. The van der Waals surface area contributed by atoms with Crippen molar-refractivity contribution < 1.29 is 17.7 Å². The fourth-order valence-electron chi connectivity index (χ4n) is 2.33. The van der Waals surface area contributed by atoms with Crippen molar-refractivity contribution in [2.75, 3.05) is 10.5 Å². The first kappa shape index (κ1) is 18.7. The van der Waals surface area contributed by atoms with Gasteiger partial charge in [0.15, 0.2) is 0 Å². The van der Waals surface area contributed by atoms with Crippen LogP contribution in [0.2, 0.25) is 0 Å². The molecule has 23 heavy (non-hydrogen) atoms. The molecule has 1 saturated heterocycles. The summed E-state index contributed by atoms with van der Waals surface area (Å²) in [4.78, 5) is 0. The molecule has 5 nitrogen and oxygen atoms in total. The highest BCUT2D eigenvalue weighted by atomic mass is 32.2. The van der Waals surface area contributed by atoms with Gasteiger partial charge in [-0.25, -0.2) is 8.42 Å². The maximum atomic E-state index is 12.0. The Morgan fingerprint density at radius 1 is 1.17 bits per heavy atom. The van der Waals surface area contributed by atoms with Gasteiger partial charge in [0, 0.05) is 0 Å². The van der Waals surface area contributed by atoms with Crippen molar-refractivity contribution >= 4 is 42.8 Å². The van der Waals surface area contributed by atoms with Gasteiger partial charge in [-0.1, -0.05) is 19.1 Å². The lowest BCUT2D eigenvalue weighted by molar-refractivity contribution is 0.00578. The van der Waals surface area contributed by atoms with Crippen LogP contribution in [-0.2, 0) is 19.3 Å². The van der Waals surface area contributed by atoms with Gasteiger partial charge in [-0.05, 0) is 50.9 Å². The van der Waals surface area contributed by atoms with Crippen molar-refractivity contribution in [1.82, 2.24) is 0 Å². The summed E-state index contributed by atoms with van der Waals surface area (Å²) in [6.07, 6.45) is 0.568. The highest BCUT2D eigenvalue weighted by Crippen LogP contribution is 2.36. The third kappa shape index (κ3) is 3.90. The Balaban J connectivity index is 2.31. The van der Waals surface area contributed by atoms with Crippen LogP contribution in [0, 0.1) is 0 Å². The monoisotopic (exact) mass is 357 g/mol. The molecule has 1 aliphatic heterocycles. The number of nitrogens with one attached hydrogen (secondary N) is 1. The molecular formula is C15H25BNO4PS. The first-order chi connectivity index (χ1) is 10.5. The lowest BCUT2D eigenvalue weighted by Crippen LogP contribution is -2.42. The molecule has 0 amide bonds. The summed E-state index contributed by atoms with van der Waals surface area (Å²) in [5, 5.41) is 0.741. The molecule has 0 radical (unpaired) electrons. The Hall–Kier alpha value is -0.615. The molecule has 1 heterocycles. The summed E-state index contributed by atoms with van der Waals surface area (Å²) in [7, 11) is -1.27. The molecule has 1 N–H and O–H groups in total. The lowest BCUT2D eigenvalue weighted by atomic mass is 9.79. The van der Waals surface area contributed by atoms with Gasteiger partial charge in [-0.15, -0.1) is 9.24 Å². The number of hydrogen-bond acceptors (Lipinski definition) is 4. The molecule has 0 spiro atoms. The highest BCUT2D eigenvalue weighted by Gasteiger charge is 2.52. The Bertz CT molecular complexity index is 675. The lowest BCUT2D eigenvalue weighted by Gasteiger charge is -2.32. The zero-order valence-electron chi connectivity index (χ0n) is 14.3. The quantitative estimate of drug-likeness (QED) is 0.643. The molecular weight excluding hydrogens is 332 g/mol. The molecule has 1 aromatic rings. The van der Waals surface area contributed by atoms with Crippen LogP contribution >= 0.6 is 9.24 Å². The average molecular weight is 357 g/mol. The molecule has 8 heteroatoms. The van der Waals surface area contributed by atoms with Crippen molar-refractivity contribution in [3.63, 3.8) is 0 Å². The zero-order valence-corrected chi connectivity index (χ0v) is 16.3. The van der Waals surface area contributed by atoms with Crippen LogP contribution in [0.5, 0.6) is 0 Å². The predicted octanol–water partition coefficient (Wildman–Crippen LogP) is 1.64. The van der Waals surface area contributed by atoms with E-state index in [9.17, 15) is 8.42 Å². The minimum absolute atomic E-state index is 0.0951. The standard InChI is InChI=1S/C15H25BNO4PS/c1-6-10-23(18,19)17-12-9-7-8-11(13(12)22)16-20-14(2,3)15(4,5)21-16/h7-9,17H,6,10,22H2,1-5H3. The van der Waals surface area contributed by atoms with Crippen molar-refractivity contribution in [1.29, 1.82) is 0 Å². The second-order valence-electron chi connectivity index (χ2n) is 6.82. The fraction of sp³-hybridized carbons (Fsp3) is 0.600. The van der Waals surface area contributed by atoms with Crippen molar-refractivity contribution in [2.45, 2.75) is 52.2 Å². The summed E-state index contributed by atoms with van der Waals surface area (Å²) < 4.78 is 38.8. The molecule has 1 aromatic carbocycles. The van der Waals surface area contributed by atoms with Gasteiger partial charge in [0.25, 0.3) is 0 Å². The van der Waals surface area contributed by atoms with Gasteiger partial charge in [-0.3, -0.25) is 4.72 Å². The van der Waals surface area contributed by atoms with E-state index in [4.69, 9.17) is 9.31 Å². The molecule has 0 bridgehead atoms. The number of hydrogen-bond donors (Lipinski definition) is 1. The van der Waals surface area contributed by atoms with Crippen LogP contribution < -0.4 is 15.5 Å². The maximum Gasteiger partial charge on any atom is 0.495 e. The van der Waals surface area contributed by atoms with E-state index in [1.54, 1.807) is 12.1 Å². The van der Waals surface area contributed by atoms with Gasteiger partial charge in [0.1, 0.15) is 0 Å². The minimum Gasteiger partial charge on any atom is -0.399 e. The van der Waals surface area contributed by atoms with E-state index in [1.165, 1.54) is 0 Å². The third-order valence-electron chi connectivity index (χ3n) is 4.39. The van der Waals surface area contributed by atoms with Gasteiger partial charge in [0.05, 0.1) is 22.6 Å². The summed E-state index contributed by atoms with van der Waals surface area (Å²) >= 11 is 0.